The molecular formula is C15H14N2O2. The number of nitriles is 2. The molecule has 0 radical (unpaired) electrons. The van der Waals surface area contributed by atoms with E-state index in [1.165, 1.54) is 0 Å². The van der Waals surface area contributed by atoms with Gasteiger partial charge in [-0.15, -0.1) is 0 Å². The fourth-order valence-corrected chi connectivity index (χ4v) is 2.99. The second-order valence-electron chi connectivity index (χ2n) is 4.80. The highest BCUT2D eigenvalue weighted by Crippen LogP contribution is 2.47. The number of hydrogen-bond donors (Lipinski definition) is 0. The molecule has 0 spiro atoms. The number of hydrogen-bond acceptors (Lipinski definition) is 4. The molecule has 0 bridgehead atoms. The fraction of sp³-hybridized carbons (Fsp3) is 0.467. The van der Waals surface area contributed by atoms with Crippen LogP contribution in [0.2, 0.25) is 0 Å². The zero-order valence-corrected chi connectivity index (χ0v) is 10.8. The molecule has 2 heterocycles. The lowest BCUT2D eigenvalue weighted by atomic mass is 9.87. The lowest BCUT2D eigenvalue weighted by Crippen LogP contribution is -2.03. The Balaban J connectivity index is 2.32. The van der Waals surface area contributed by atoms with Crippen LogP contribution in [0.1, 0.15) is 41.5 Å². The van der Waals surface area contributed by atoms with Crippen molar-refractivity contribution in [3.05, 3.63) is 22.3 Å². The van der Waals surface area contributed by atoms with Crippen molar-refractivity contribution in [1.82, 2.24) is 0 Å². The summed E-state index contributed by atoms with van der Waals surface area (Å²) in [6.07, 6.45) is 2.22. The molecule has 0 saturated heterocycles. The average molecular weight is 254 g/mol. The van der Waals surface area contributed by atoms with E-state index in [2.05, 4.69) is 12.1 Å². The Hall–Kier alpha value is -2.20. The van der Waals surface area contributed by atoms with Crippen LogP contribution in [-0.4, -0.2) is 13.2 Å². The average Bonchev–Trinajstić information content (AvgIpc) is 3.07. The first-order valence-corrected chi connectivity index (χ1v) is 6.58. The molecule has 1 aromatic carbocycles. The van der Waals surface area contributed by atoms with Crippen LogP contribution in [0.25, 0.3) is 0 Å². The van der Waals surface area contributed by atoms with E-state index in [1.807, 2.05) is 6.92 Å². The highest BCUT2D eigenvalue weighted by Gasteiger charge is 2.34. The zero-order chi connectivity index (χ0) is 13.4. The highest BCUT2D eigenvalue weighted by atomic mass is 16.5. The molecule has 2 aliphatic rings. The van der Waals surface area contributed by atoms with E-state index in [0.717, 1.165) is 41.7 Å². The maximum absolute atomic E-state index is 9.36. The van der Waals surface area contributed by atoms with Gasteiger partial charge in [0.2, 0.25) is 0 Å². The minimum absolute atomic E-state index is 0.185. The van der Waals surface area contributed by atoms with Gasteiger partial charge in [-0.1, -0.05) is 6.92 Å². The monoisotopic (exact) mass is 254 g/mol. The fourth-order valence-electron chi connectivity index (χ4n) is 2.99. The first-order chi connectivity index (χ1) is 9.31. The third-order valence-corrected chi connectivity index (χ3v) is 3.87. The third-order valence-electron chi connectivity index (χ3n) is 3.87. The van der Waals surface area contributed by atoms with E-state index < -0.39 is 0 Å². The number of fused-ring (bicyclic) bond motifs is 2. The summed E-state index contributed by atoms with van der Waals surface area (Å²) >= 11 is 0. The molecule has 3 rings (SSSR count). The van der Waals surface area contributed by atoms with Crippen LogP contribution in [0, 0.1) is 22.7 Å². The Bertz CT molecular complexity index is 587. The molecule has 0 aromatic heterocycles. The first-order valence-electron chi connectivity index (χ1n) is 6.58. The second kappa shape index (κ2) is 4.48. The largest absolute Gasteiger partial charge is 0.493 e. The van der Waals surface area contributed by atoms with E-state index in [1.54, 1.807) is 0 Å². The summed E-state index contributed by atoms with van der Waals surface area (Å²) in [6, 6.07) is 4.59. The molecule has 4 heteroatoms. The van der Waals surface area contributed by atoms with Gasteiger partial charge >= 0.3 is 0 Å². The summed E-state index contributed by atoms with van der Waals surface area (Å²) in [5.41, 5.74) is 3.50. The van der Waals surface area contributed by atoms with Gasteiger partial charge in [0, 0.05) is 29.5 Å². The molecular weight excluding hydrogens is 240 g/mol. The van der Waals surface area contributed by atoms with Crippen molar-refractivity contribution in [1.29, 1.82) is 10.5 Å². The van der Waals surface area contributed by atoms with Crippen molar-refractivity contribution in [3.63, 3.8) is 0 Å². The maximum Gasteiger partial charge on any atom is 0.141 e. The van der Waals surface area contributed by atoms with Crippen LogP contribution in [-0.2, 0) is 12.8 Å². The van der Waals surface area contributed by atoms with Gasteiger partial charge in [0.15, 0.2) is 0 Å². The summed E-state index contributed by atoms with van der Waals surface area (Å²) in [6.45, 7) is 3.17. The van der Waals surface area contributed by atoms with Crippen LogP contribution in [0.5, 0.6) is 11.5 Å². The normalized spacial score (nSPS) is 16.6. The molecule has 96 valence electrons. The molecule has 4 nitrogen and oxygen atoms in total. The van der Waals surface area contributed by atoms with Gasteiger partial charge in [0.05, 0.1) is 25.2 Å². The molecule has 0 N–H and O–H groups in total. The number of ether oxygens (including phenoxy) is 2. The van der Waals surface area contributed by atoms with Crippen LogP contribution >= 0.6 is 0 Å². The van der Waals surface area contributed by atoms with Gasteiger partial charge in [-0.2, -0.15) is 10.5 Å². The Morgan fingerprint density at radius 3 is 2.42 bits per heavy atom. The maximum atomic E-state index is 9.36. The topological polar surface area (TPSA) is 66.0 Å². The van der Waals surface area contributed by atoms with Crippen LogP contribution < -0.4 is 9.47 Å². The lowest BCUT2D eigenvalue weighted by Gasteiger charge is -2.17. The van der Waals surface area contributed by atoms with Gasteiger partial charge in [0.1, 0.15) is 23.1 Å². The van der Waals surface area contributed by atoms with Gasteiger partial charge in [-0.25, -0.2) is 0 Å². The molecule has 0 amide bonds. The summed E-state index contributed by atoms with van der Waals surface area (Å²) in [7, 11) is 0. The van der Waals surface area contributed by atoms with Crippen molar-refractivity contribution in [2.45, 2.75) is 32.1 Å². The van der Waals surface area contributed by atoms with Crippen LogP contribution in [0.3, 0.4) is 0 Å². The van der Waals surface area contributed by atoms with Gasteiger partial charge in [-0.05, 0) is 6.42 Å². The summed E-state index contributed by atoms with van der Waals surface area (Å²) < 4.78 is 11.4. The molecule has 0 aliphatic carbocycles. The Kier molecular flexibility index (Phi) is 2.80. The van der Waals surface area contributed by atoms with Crippen LogP contribution in [0.4, 0.5) is 0 Å². The molecule has 19 heavy (non-hydrogen) atoms. The first kappa shape index (κ1) is 11.9. The second-order valence-corrected chi connectivity index (χ2v) is 4.80. The lowest BCUT2D eigenvalue weighted by molar-refractivity contribution is 0.352. The van der Waals surface area contributed by atoms with E-state index in [0.29, 0.717) is 24.5 Å². The van der Waals surface area contributed by atoms with Gasteiger partial charge in [0.25, 0.3) is 0 Å². The van der Waals surface area contributed by atoms with Crippen molar-refractivity contribution in [2.24, 2.45) is 0 Å². The Labute approximate surface area is 112 Å². The van der Waals surface area contributed by atoms with Gasteiger partial charge in [-0.3, -0.25) is 0 Å². The predicted molar refractivity (Wildman–Crippen MR) is 68.2 cm³/mol. The molecule has 2 aliphatic heterocycles. The summed E-state index contributed by atoms with van der Waals surface area (Å²) in [5.74, 6) is 1.28. The number of benzene rings is 1. The van der Waals surface area contributed by atoms with Crippen molar-refractivity contribution < 1.29 is 9.47 Å². The quantitative estimate of drug-likeness (QED) is 0.813. The van der Waals surface area contributed by atoms with E-state index >= 15 is 0 Å². The SMILES string of the molecule is CCC(C#N)c1c2c(c(C#N)c3c1OCC3)OCC2. The molecule has 1 unspecified atom stereocenters. The van der Waals surface area contributed by atoms with E-state index in [9.17, 15) is 10.5 Å². The number of rotatable bonds is 2. The number of nitrogens with zero attached hydrogens (tertiary/aromatic N) is 2. The Morgan fingerprint density at radius 1 is 1.11 bits per heavy atom. The predicted octanol–water partition coefficient (Wildman–Crippen LogP) is 2.45. The minimum atomic E-state index is -0.185. The molecule has 0 saturated carbocycles. The summed E-state index contributed by atoms with van der Waals surface area (Å²) in [4.78, 5) is 0. The molecule has 1 aromatic rings. The molecule has 1 atom stereocenters. The third kappa shape index (κ3) is 1.57. The highest BCUT2D eigenvalue weighted by molar-refractivity contribution is 5.67. The minimum Gasteiger partial charge on any atom is -0.493 e. The summed E-state index contributed by atoms with van der Waals surface area (Å²) in [5, 5.41) is 18.7. The smallest absolute Gasteiger partial charge is 0.141 e. The van der Waals surface area contributed by atoms with Crippen molar-refractivity contribution in [2.75, 3.05) is 13.2 Å². The van der Waals surface area contributed by atoms with E-state index in [-0.39, 0.29) is 5.92 Å². The Morgan fingerprint density at radius 2 is 1.79 bits per heavy atom. The van der Waals surface area contributed by atoms with Gasteiger partial charge < -0.3 is 9.47 Å². The van der Waals surface area contributed by atoms with Crippen molar-refractivity contribution >= 4 is 0 Å². The van der Waals surface area contributed by atoms with E-state index in [4.69, 9.17) is 9.47 Å². The van der Waals surface area contributed by atoms with Crippen molar-refractivity contribution in [3.8, 4) is 23.6 Å². The standard InChI is InChI=1S/C15H14N2O2/c1-2-9(7-16)13-11-4-6-18-14(11)12(8-17)10-3-5-19-15(10)13/h9H,2-6H2,1H3. The molecule has 0 fully saturated rings. The van der Waals surface area contributed by atoms with Crippen LogP contribution in [0.15, 0.2) is 0 Å². The zero-order valence-electron chi connectivity index (χ0n) is 10.8.